The molecule has 8 heteroatoms. The molecular formula is C21H24N4O2S2. The average Bonchev–Trinajstić information content (AvgIpc) is 3.43. The van der Waals surface area contributed by atoms with Crippen molar-refractivity contribution in [2.45, 2.75) is 19.4 Å². The van der Waals surface area contributed by atoms with E-state index in [1.807, 2.05) is 28.5 Å². The monoisotopic (exact) mass is 428 g/mol. The fraction of sp³-hybridized carbons (Fsp3) is 0.381. The Morgan fingerprint density at radius 2 is 1.93 bits per heavy atom. The number of benzene rings is 1. The first-order chi connectivity index (χ1) is 14.1. The molecule has 152 valence electrons. The first-order valence-corrected chi connectivity index (χ1v) is 11.5. The maximum absolute atomic E-state index is 12.5. The molecule has 1 N–H and O–H groups in total. The van der Waals surface area contributed by atoms with Gasteiger partial charge in [-0.15, -0.1) is 22.7 Å². The van der Waals surface area contributed by atoms with E-state index in [0.29, 0.717) is 30.9 Å². The van der Waals surface area contributed by atoms with Crippen LogP contribution < -0.4 is 5.32 Å². The van der Waals surface area contributed by atoms with Crippen molar-refractivity contribution in [1.29, 1.82) is 0 Å². The van der Waals surface area contributed by atoms with E-state index in [1.165, 1.54) is 16.0 Å². The highest BCUT2D eigenvalue weighted by atomic mass is 32.1. The lowest BCUT2D eigenvalue weighted by Gasteiger charge is -2.37. The standard InChI is InChI=1S/C21H24N4O2S2/c1-15(21-23-16-5-2-3-6-17(16)29-21)24-10-12-25(13-11-24)19(26)8-9-22-20(27)18-7-4-14-28-18/h2-7,14-15H,8-13H2,1H3,(H,22,27)/t15-/m1/s1. The molecule has 3 heterocycles. The summed E-state index contributed by atoms with van der Waals surface area (Å²) in [5.41, 5.74) is 1.05. The van der Waals surface area contributed by atoms with Gasteiger partial charge in [0.2, 0.25) is 5.91 Å². The Labute approximate surface area is 178 Å². The largest absolute Gasteiger partial charge is 0.351 e. The fourth-order valence-corrected chi connectivity index (χ4v) is 5.21. The van der Waals surface area contributed by atoms with Crippen molar-refractivity contribution >= 4 is 44.7 Å². The molecule has 1 atom stereocenters. The van der Waals surface area contributed by atoms with Gasteiger partial charge in [-0.25, -0.2) is 4.98 Å². The second kappa shape index (κ2) is 9.02. The number of aromatic nitrogens is 1. The number of piperazine rings is 1. The summed E-state index contributed by atoms with van der Waals surface area (Å²) in [6.45, 7) is 5.67. The summed E-state index contributed by atoms with van der Waals surface area (Å²) in [5.74, 6) is -0.00829. The van der Waals surface area contributed by atoms with Crippen LogP contribution in [-0.2, 0) is 4.79 Å². The maximum atomic E-state index is 12.5. The summed E-state index contributed by atoms with van der Waals surface area (Å²) < 4.78 is 1.22. The highest BCUT2D eigenvalue weighted by molar-refractivity contribution is 7.18. The lowest BCUT2D eigenvalue weighted by Crippen LogP contribution is -2.49. The molecule has 0 bridgehead atoms. The quantitative estimate of drug-likeness (QED) is 0.654. The average molecular weight is 429 g/mol. The van der Waals surface area contributed by atoms with Crippen LogP contribution in [0.5, 0.6) is 0 Å². The molecule has 1 aromatic carbocycles. The van der Waals surface area contributed by atoms with E-state index in [9.17, 15) is 9.59 Å². The summed E-state index contributed by atoms with van der Waals surface area (Å²) in [6, 6.07) is 12.1. The number of thiophene rings is 1. The SMILES string of the molecule is C[C@H](c1nc2ccccc2s1)N1CCN(C(=O)CCNC(=O)c2cccs2)CC1. The summed E-state index contributed by atoms with van der Waals surface area (Å²) in [4.78, 5) is 34.2. The zero-order valence-corrected chi connectivity index (χ0v) is 18.0. The summed E-state index contributed by atoms with van der Waals surface area (Å²) in [7, 11) is 0. The summed E-state index contributed by atoms with van der Waals surface area (Å²) >= 11 is 3.15. The van der Waals surface area contributed by atoms with Crippen LogP contribution in [0.1, 0.15) is 34.1 Å². The number of fused-ring (bicyclic) bond motifs is 1. The van der Waals surface area contributed by atoms with E-state index < -0.39 is 0 Å². The van der Waals surface area contributed by atoms with E-state index in [-0.39, 0.29) is 17.9 Å². The third kappa shape index (κ3) is 4.66. The third-order valence-corrected chi connectivity index (χ3v) is 7.33. The number of hydrogen-bond donors (Lipinski definition) is 1. The van der Waals surface area contributed by atoms with Crippen molar-refractivity contribution in [3.8, 4) is 0 Å². The van der Waals surface area contributed by atoms with E-state index in [1.54, 1.807) is 17.4 Å². The highest BCUT2D eigenvalue weighted by Crippen LogP contribution is 2.29. The van der Waals surface area contributed by atoms with Gasteiger partial charge in [0.05, 0.1) is 21.1 Å². The predicted molar refractivity (Wildman–Crippen MR) is 117 cm³/mol. The first kappa shape index (κ1) is 20.0. The lowest BCUT2D eigenvalue weighted by molar-refractivity contribution is -0.133. The number of amides is 2. The number of carbonyl (C=O) groups excluding carboxylic acids is 2. The minimum atomic E-state index is -0.109. The van der Waals surface area contributed by atoms with Crippen LogP contribution in [0.25, 0.3) is 10.2 Å². The lowest BCUT2D eigenvalue weighted by atomic mass is 10.2. The molecule has 1 saturated heterocycles. The van der Waals surface area contributed by atoms with Crippen molar-refractivity contribution in [2.75, 3.05) is 32.7 Å². The molecule has 1 aliphatic rings. The molecule has 3 aromatic rings. The van der Waals surface area contributed by atoms with Crippen molar-refractivity contribution in [3.63, 3.8) is 0 Å². The Hall–Kier alpha value is -2.29. The number of nitrogens with zero attached hydrogens (tertiary/aromatic N) is 3. The minimum absolute atomic E-state index is 0.101. The van der Waals surface area contributed by atoms with E-state index in [2.05, 4.69) is 29.3 Å². The first-order valence-electron chi connectivity index (χ1n) is 9.81. The van der Waals surface area contributed by atoms with Gasteiger partial charge < -0.3 is 10.2 Å². The van der Waals surface area contributed by atoms with Crippen LogP contribution in [0, 0.1) is 0 Å². The van der Waals surface area contributed by atoms with Gasteiger partial charge in [0, 0.05) is 39.1 Å². The molecule has 4 rings (SSSR count). The molecule has 6 nitrogen and oxygen atoms in total. The van der Waals surface area contributed by atoms with Crippen molar-refractivity contribution in [2.24, 2.45) is 0 Å². The van der Waals surface area contributed by atoms with Gasteiger partial charge in [-0.1, -0.05) is 18.2 Å². The minimum Gasteiger partial charge on any atom is -0.351 e. The Kier molecular flexibility index (Phi) is 6.22. The van der Waals surface area contributed by atoms with Gasteiger partial charge in [-0.05, 0) is 30.5 Å². The molecule has 0 aliphatic carbocycles. The van der Waals surface area contributed by atoms with Crippen LogP contribution in [0.3, 0.4) is 0 Å². The van der Waals surface area contributed by atoms with Gasteiger partial charge in [-0.2, -0.15) is 0 Å². The number of carbonyl (C=O) groups is 2. The number of nitrogens with one attached hydrogen (secondary N) is 1. The Balaban J connectivity index is 1.24. The molecular weight excluding hydrogens is 404 g/mol. The van der Waals surface area contributed by atoms with Gasteiger partial charge >= 0.3 is 0 Å². The fourth-order valence-electron chi connectivity index (χ4n) is 3.52. The van der Waals surface area contributed by atoms with E-state index in [4.69, 9.17) is 4.98 Å². The second-order valence-corrected chi connectivity index (χ2v) is 9.11. The third-order valence-electron chi connectivity index (χ3n) is 5.25. The maximum Gasteiger partial charge on any atom is 0.261 e. The molecule has 2 amide bonds. The van der Waals surface area contributed by atoms with Crippen LogP contribution >= 0.6 is 22.7 Å². The molecule has 2 aromatic heterocycles. The summed E-state index contributed by atoms with van der Waals surface area (Å²) in [6.07, 6.45) is 0.338. The van der Waals surface area contributed by atoms with Crippen molar-refractivity contribution in [1.82, 2.24) is 20.1 Å². The van der Waals surface area contributed by atoms with Gasteiger partial charge in [0.15, 0.2) is 0 Å². The second-order valence-electron chi connectivity index (χ2n) is 7.10. The summed E-state index contributed by atoms with van der Waals surface area (Å²) in [5, 5.41) is 5.82. The Bertz CT molecular complexity index is 945. The Morgan fingerprint density at radius 3 is 2.66 bits per heavy atom. The number of rotatable bonds is 6. The van der Waals surface area contributed by atoms with E-state index >= 15 is 0 Å². The smallest absolute Gasteiger partial charge is 0.261 e. The van der Waals surface area contributed by atoms with E-state index in [0.717, 1.165) is 23.6 Å². The normalized spacial score (nSPS) is 16.1. The number of thiazole rings is 1. The molecule has 1 aliphatic heterocycles. The van der Waals surface area contributed by atoms with Crippen molar-refractivity contribution in [3.05, 3.63) is 51.7 Å². The van der Waals surface area contributed by atoms with Gasteiger partial charge in [0.25, 0.3) is 5.91 Å². The predicted octanol–water partition coefficient (Wildman–Crippen LogP) is 3.38. The number of hydrogen-bond acceptors (Lipinski definition) is 6. The number of para-hydroxylation sites is 1. The van der Waals surface area contributed by atoms with Gasteiger partial charge in [-0.3, -0.25) is 14.5 Å². The van der Waals surface area contributed by atoms with Crippen LogP contribution in [-0.4, -0.2) is 59.3 Å². The zero-order valence-electron chi connectivity index (χ0n) is 16.3. The topological polar surface area (TPSA) is 65.5 Å². The van der Waals surface area contributed by atoms with Gasteiger partial charge in [0.1, 0.15) is 5.01 Å². The van der Waals surface area contributed by atoms with Crippen LogP contribution in [0.4, 0.5) is 0 Å². The van der Waals surface area contributed by atoms with Crippen molar-refractivity contribution < 1.29 is 9.59 Å². The zero-order chi connectivity index (χ0) is 20.2. The highest BCUT2D eigenvalue weighted by Gasteiger charge is 2.26. The molecule has 0 spiro atoms. The molecule has 1 fully saturated rings. The Morgan fingerprint density at radius 1 is 1.14 bits per heavy atom. The van der Waals surface area contributed by atoms with Crippen LogP contribution in [0.2, 0.25) is 0 Å². The molecule has 29 heavy (non-hydrogen) atoms. The molecule has 0 saturated carbocycles. The van der Waals surface area contributed by atoms with Crippen LogP contribution in [0.15, 0.2) is 41.8 Å². The molecule has 0 unspecified atom stereocenters. The molecule has 0 radical (unpaired) electrons.